The van der Waals surface area contributed by atoms with Crippen LogP contribution in [-0.2, 0) is 4.74 Å². The second-order valence-electron chi connectivity index (χ2n) is 10.5. The number of aromatic nitrogens is 1. The van der Waals surface area contributed by atoms with Crippen LogP contribution in [0.5, 0.6) is 0 Å². The molecule has 1 saturated heterocycles. The van der Waals surface area contributed by atoms with E-state index in [4.69, 9.17) is 4.74 Å². The van der Waals surface area contributed by atoms with Gasteiger partial charge in [-0.05, 0) is 75.9 Å². The SMILES string of the molecule is Cc1ccc(NC(=O)c2ccnc(C3CNCCO3)c2)cc1NC(=O)c1cccc(N(C)CCCN(C)C)c1[N+](=O)[O-]. The highest BCUT2D eigenvalue weighted by Gasteiger charge is 2.27. The topological polar surface area (TPSA) is 142 Å². The Morgan fingerprint density at radius 3 is 2.62 bits per heavy atom. The van der Waals surface area contributed by atoms with Crippen LogP contribution in [0, 0.1) is 17.0 Å². The van der Waals surface area contributed by atoms with E-state index in [0.29, 0.717) is 48.0 Å². The van der Waals surface area contributed by atoms with Crippen molar-refractivity contribution in [1.82, 2.24) is 15.2 Å². The molecule has 3 N–H and O–H groups in total. The van der Waals surface area contributed by atoms with Gasteiger partial charge in [0, 0.05) is 49.8 Å². The summed E-state index contributed by atoms with van der Waals surface area (Å²) in [5.74, 6) is -0.958. The summed E-state index contributed by atoms with van der Waals surface area (Å²) < 4.78 is 5.75. The number of nitrogens with zero attached hydrogens (tertiary/aromatic N) is 4. The molecule has 0 saturated carbocycles. The highest BCUT2D eigenvalue weighted by atomic mass is 16.6. The van der Waals surface area contributed by atoms with Crippen molar-refractivity contribution in [2.45, 2.75) is 19.4 Å². The smallest absolute Gasteiger partial charge is 0.305 e. The van der Waals surface area contributed by atoms with E-state index in [-0.39, 0.29) is 23.3 Å². The van der Waals surface area contributed by atoms with Crippen molar-refractivity contribution in [2.24, 2.45) is 0 Å². The maximum atomic E-state index is 13.4. The Morgan fingerprint density at radius 2 is 1.90 bits per heavy atom. The lowest BCUT2D eigenvalue weighted by molar-refractivity contribution is -0.384. The Bertz CT molecular complexity index is 1440. The van der Waals surface area contributed by atoms with Crippen molar-refractivity contribution in [3.63, 3.8) is 0 Å². The van der Waals surface area contributed by atoms with Crippen molar-refractivity contribution >= 4 is 34.6 Å². The van der Waals surface area contributed by atoms with Crippen LogP contribution in [0.15, 0.2) is 54.7 Å². The number of carbonyl (C=O) groups is 2. The molecule has 0 spiro atoms. The van der Waals surface area contributed by atoms with E-state index >= 15 is 0 Å². The molecule has 0 bridgehead atoms. The van der Waals surface area contributed by atoms with Crippen LogP contribution in [0.1, 0.15) is 44.5 Å². The lowest BCUT2D eigenvalue weighted by atomic mass is 10.1. The Labute approximate surface area is 245 Å². The maximum Gasteiger partial charge on any atom is 0.305 e. The highest BCUT2D eigenvalue weighted by molar-refractivity contribution is 6.09. The van der Waals surface area contributed by atoms with Gasteiger partial charge in [-0.1, -0.05) is 12.1 Å². The molecule has 2 heterocycles. The minimum absolute atomic E-state index is 0.0467. The minimum Gasteiger partial charge on any atom is -0.369 e. The van der Waals surface area contributed by atoms with Gasteiger partial charge in [0.25, 0.3) is 11.8 Å². The average Bonchev–Trinajstić information content (AvgIpc) is 2.98. The van der Waals surface area contributed by atoms with Crippen molar-refractivity contribution in [2.75, 3.05) is 69.5 Å². The molecule has 0 radical (unpaired) electrons. The summed E-state index contributed by atoms with van der Waals surface area (Å²) in [6.07, 6.45) is 2.15. The van der Waals surface area contributed by atoms with Crippen LogP contribution in [-0.4, -0.2) is 80.6 Å². The molecule has 4 rings (SSSR count). The summed E-state index contributed by atoms with van der Waals surface area (Å²) in [4.78, 5) is 46.2. The quantitative estimate of drug-likeness (QED) is 0.230. The van der Waals surface area contributed by atoms with Crippen LogP contribution in [0.25, 0.3) is 0 Å². The Morgan fingerprint density at radius 1 is 1.10 bits per heavy atom. The molecule has 1 aromatic heterocycles. The number of amides is 2. The molecule has 2 aromatic carbocycles. The van der Waals surface area contributed by atoms with Crippen LogP contribution >= 0.6 is 0 Å². The lowest BCUT2D eigenvalue weighted by Gasteiger charge is -2.23. The number of aryl methyl sites for hydroxylation is 1. The Balaban J connectivity index is 1.50. The summed E-state index contributed by atoms with van der Waals surface area (Å²) in [6, 6.07) is 13.2. The molecule has 222 valence electrons. The fourth-order valence-electron chi connectivity index (χ4n) is 4.71. The van der Waals surface area contributed by atoms with Crippen molar-refractivity contribution in [1.29, 1.82) is 0 Å². The van der Waals surface area contributed by atoms with Gasteiger partial charge in [0.15, 0.2) is 0 Å². The van der Waals surface area contributed by atoms with Gasteiger partial charge >= 0.3 is 5.69 Å². The number of nitro benzene ring substituents is 1. The number of morpholine rings is 1. The summed E-state index contributed by atoms with van der Waals surface area (Å²) in [5.41, 5.74) is 2.77. The zero-order chi connectivity index (χ0) is 30.2. The molecule has 12 nitrogen and oxygen atoms in total. The van der Waals surface area contributed by atoms with E-state index in [1.807, 2.05) is 19.0 Å². The van der Waals surface area contributed by atoms with Crippen LogP contribution in [0.3, 0.4) is 0 Å². The van der Waals surface area contributed by atoms with Crippen LogP contribution in [0.4, 0.5) is 22.7 Å². The van der Waals surface area contributed by atoms with E-state index < -0.39 is 10.8 Å². The monoisotopic (exact) mass is 575 g/mol. The van der Waals surface area contributed by atoms with E-state index in [1.54, 1.807) is 67.5 Å². The number of hydrogen-bond donors (Lipinski definition) is 3. The molecular weight excluding hydrogens is 538 g/mol. The third-order valence-corrected chi connectivity index (χ3v) is 7.00. The predicted molar refractivity (Wildman–Crippen MR) is 162 cm³/mol. The first-order valence-corrected chi connectivity index (χ1v) is 13.8. The summed E-state index contributed by atoms with van der Waals surface area (Å²) >= 11 is 0. The number of hydrogen-bond acceptors (Lipinski definition) is 9. The van der Waals surface area contributed by atoms with E-state index in [2.05, 4.69) is 20.9 Å². The molecule has 0 aliphatic carbocycles. The molecule has 1 aliphatic heterocycles. The highest BCUT2D eigenvalue weighted by Crippen LogP contribution is 2.32. The van der Waals surface area contributed by atoms with Crippen molar-refractivity contribution in [3.8, 4) is 0 Å². The van der Waals surface area contributed by atoms with Gasteiger partial charge in [-0.3, -0.25) is 24.7 Å². The standard InChI is InChI=1S/C30H37N7O5/c1-20-9-10-22(33-29(38)21-11-12-32-25(17-21)27-19-31-13-16-42-27)18-24(20)34-30(39)23-7-5-8-26(28(23)37(40)41)36(4)15-6-14-35(2)3/h5,7-12,17-18,27,31H,6,13-16,19H2,1-4H3,(H,33,38)(H,34,39). The zero-order valence-corrected chi connectivity index (χ0v) is 24.3. The molecule has 1 unspecified atom stereocenters. The number of para-hydroxylation sites is 1. The number of rotatable bonds is 11. The first-order valence-electron chi connectivity index (χ1n) is 13.8. The van der Waals surface area contributed by atoms with Gasteiger partial charge in [0.1, 0.15) is 17.4 Å². The first-order chi connectivity index (χ1) is 20.1. The van der Waals surface area contributed by atoms with Crippen molar-refractivity contribution < 1.29 is 19.2 Å². The molecule has 42 heavy (non-hydrogen) atoms. The number of anilines is 3. The van der Waals surface area contributed by atoms with Gasteiger partial charge in [0.2, 0.25) is 0 Å². The van der Waals surface area contributed by atoms with Crippen LogP contribution in [0.2, 0.25) is 0 Å². The lowest BCUT2D eigenvalue weighted by Crippen LogP contribution is -2.33. The number of pyridine rings is 1. The normalized spacial score (nSPS) is 14.8. The number of benzene rings is 2. The minimum atomic E-state index is -0.614. The second-order valence-corrected chi connectivity index (χ2v) is 10.5. The van der Waals surface area contributed by atoms with E-state index in [0.717, 1.165) is 25.1 Å². The summed E-state index contributed by atoms with van der Waals surface area (Å²) in [7, 11) is 5.72. The second kappa shape index (κ2) is 14.0. The fraction of sp³-hybridized carbons (Fsp3) is 0.367. The first kappa shape index (κ1) is 30.6. The molecule has 1 atom stereocenters. The van der Waals surface area contributed by atoms with Gasteiger partial charge in [0.05, 0.1) is 17.2 Å². The van der Waals surface area contributed by atoms with Gasteiger partial charge < -0.3 is 30.5 Å². The Kier molecular flexibility index (Phi) is 10.2. The van der Waals surface area contributed by atoms with E-state index in [1.165, 1.54) is 6.07 Å². The number of carbonyl (C=O) groups excluding carboxylic acids is 2. The predicted octanol–water partition coefficient (Wildman–Crippen LogP) is 3.85. The number of nitrogens with one attached hydrogen (secondary N) is 3. The van der Waals surface area contributed by atoms with Gasteiger partial charge in [-0.25, -0.2) is 0 Å². The average molecular weight is 576 g/mol. The third-order valence-electron chi connectivity index (χ3n) is 7.00. The molecule has 1 fully saturated rings. The van der Waals surface area contributed by atoms with Crippen LogP contribution < -0.4 is 20.9 Å². The largest absolute Gasteiger partial charge is 0.369 e. The molecule has 3 aromatic rings. The summed E-state index contributed by atoms with van der Waals surface area (Å²) in [6.45, 7) is 5.19. The molecular formula is C30H37N7O5. The fourth-order valence-corrected chi connectivity index (χ4v) is 4.71. The molecule has 1 aliphatic rings. The van der Waals surface area contributed by atoms with Gasteiger partial charge in [-0.2, -0.15) is 0 Å². The molecule has 12 heteroatoms. The van der Waals surface area contributed by atoms with Crippen molar-refractivity contribution in [3.05, 3.63) is 87.2 Å². The third kappa shape index (κ3) is 7.66. The number of ether oxygens (including phenoxy) is 1. The molecule has 2 amide bonds. The zero-order valence-electron chi connectivity index (χ0n) is 24.3. The number of nitro groups is 1. The van der Waals surface area contributed by atoms with Gasteiger partial charge in [-0.15, -0.1) is 0 Å². The van der Waals surface area contributed by atoms with E-state index in [9.17, 15) is 19.7 Å². The maximum absolute atomic E-state index is 13.4. The summed E-state index contributed by atoms with van der Waals surface area (Å²) in [5, 5.41) is 21.0. The Hall–Kier alpha value is -4.39.